The highest BCUT2D eigenvalue weighted by molar-refractivity contribution is 5.89. The molecule has 1 aromatic rings. The van der Waals surface area contributed by atoms with E-state index < -0.39 is 0 Å². The minimum absolute atomic E-state index is 0.0198. The van der Waals surface area contributed by atoms with Crippen LogP contribution in [0.1, 0.15) is 115 Å². The molecule has 0 saturated heterocycles. The molecule has 0 bridgehead atoms. The Bertz CT molecular complexity index is 1240. The molecule has 6 rings (SSSR count). The summed E-state index contributed by atoms with van der Waals surface area (Å²) >= 11 is 0. The molecule has 3 heteroatoms. The molecule has 4 fully saturated rings. The SMILES string of the molecule is C=C(C)[C@@H]1CC[C@@]2(N)CC[C@]3(C)[C@H](CC[C@@H]4[C@@]5(C)CC=C(c6ccc(C(=O)OC)cc6)C(C)(C)[C@@H]5CC[C@]43C)[C@@H]12. The van der Waals surface area contributed by atoms with Crippen molar-refractivity contribution < 1.29 is 9.53 Å². The fraction of sp³-hybridized carbons (Fsp3) is 0.703. The molecule has 9 atom stereocenters. The van der Waals surface area contributed by atoms with Gasteiger partial charge >= 0.3 is 5.97 Å². The molecule has 2 N–H and O–H groups in total. The molecule has 4 saturated carbocycles. The molecule has 0 spiro atoms. The number of methoxy groups -OCH3 is 1. The molecule has 0 radical (unpaired) electrons. The van der Waals surface area contributed by atoms with Crippen LogP contribution in [0.5, 0.6) is 0 Å². The lowest BCUT2D eigenvalue weighted by Gasteiger charge is -2.72. The van der Waals surface area contributed by atoms with Crippen LogP contribution in [-0.4, -0.2) is 18.6 Å². The lowest BCUT2D eigenvalue weighted by molar-refractivity contribution is -0.217. The van der Waals surface area contributed by atoms with Crippen LogP contribution in [0.3, 0.4) is 0 Å². The standard InChI is InChI=1S/C37H53NO2/c1-23(2)26-15-20-37(38)22-21-35(6)28(31(26)37)13-14-30-34(5)18-16-27(24-9-11-25(12-10-24)32(39)40-8)33(3,4)29(34)17-19-36(30,35)7/h9-12,16,26,28-31H,1,13-15,17-22,38H2,2-8H3/t26-,28+,29-,30+,31+,34-,35+,36+,37+/m0/s1. The Balaban J connectivity index is 1.34. The zero-order chi connectivity index (χ0) is 28.9. The van der Waals surface area contributed by atoms with Gasteiger partial charge < -0.3 is 10.5 Å². The van der Waals surface area contributed by atoms with Crippen LogP contribution in [0.25, 0.3) is 5.57 Å². The molecule has 40 heavy (non-hydrogen) atoms. The quantitative estimate of drug-likeness (QED) is 0.306. The van der Waals surface area contributed by atoms with E-state index in [1.807, 2.05) is 12.1 Å². The minimum atomic E-state index is -0.270. The van der Waals surface area contributed by atoms with Crippen LogP contribution in [0.2, 0.25) is 0 Å². The summed E-state index contributed by atoms with van der Waals surface area (Å²) < 4.78 is 4.93. The zero-order valence-corrected chi connectivity index (χ0v) is 26.2. The number of allylic oxidation sites excluding steroid dienone is 3. The van der Waals surface area contributed by atoms with Crippen LogP contribution >= 0.6 is 0 Å². The number of rotatable bonds is 3. The number of ether oxygens (including phenoxy) is 1. The normalized spacial score (nSPS) is 45.3. The molecular weight excluding hydrogens is 490 g/mol. The van der Waals surface area contributed by atoms with Gasteiger partial charge in [-0.05, 0) is 139 Å². The average molecular weight is 544 g/mol. The Hall–Kier alpha value is -1.87. The van der Waals surface area contributed by atoms with Crippen molar-refractivity contribution in [2.75, 3.05) is 7.11 Å². The number of nitrogens with two attached hydrogens (primary N) is 1. The third kappa shape index (κ3) is 3.61. The van der Waals surface area contributed by atoms with Crippen LogP contribution in [0.15, 0.2) is 42.5 Å². The molecule has 0 heterocycles. The van der Waals surface area contributed by atoms with Crippen molar-refractivity contribution in [3.63, 3.8) is 0 Å². The van der Waals surface area contributed by atoms with Crippen molar-refractivity contribution in [3.8, 4) is 0 Å². The van der Waals surface area contributed by atoms with Crippen molar-refractivity contribution in [3.05, 3.63) is 53.6 Å². The van der Waals surface area contributed by atoms with Crippen molar-refractivity contribution in [2.24, 2.45) is 57.0 Å². The van der Waals surface area contributed by atoms with E-state index in [9.17, 15) is 4.79 Å². The van der Waals surface area contributed by atoms with Gasteiger partial charge in [0, 0.05) is 5.54 Å². The van der Waals surface area contributed by atoms with Crippen LogP contribution in [0, 0.1) is 51.2 Å². The number of fused-ring (bicyclic) bond motifs is 7. The molecule has 0 amide bonds. The summed E-state index contributed by atoms with van der Waals surface area (Å²) in [6.07, 6.45) is 13.9. The molecule has 0 aromatic heterocycles. The maximum absolute atomic E-state index is 12.0. The van der Waals surface area contributed by atoms with E-state index in [1.54, 1.807) is 0 Å². The predicted octanol–water partition coefficient (Wildman–Crippen LogP) is 8.84. The second-order valence-electron chi connectivity index (χ2n) is 16.0. The molecule has 5 aliphatic carbocycles. The van der Waals surface area contributed by atoms with Gasteiger partial charge in [0.05, 0.1) is 12.7 Å². The molecular formula is C37H53NO2. The molecule has 5 aliphatic rings. The van der Waals surface area contributed by atoms with Gasteiger partial charge in [0.2, 0.25) is 0 Å². The summed E-state index contributed by atoms with van der Waals surface area (Å²) in [5.41, 5.74) is 13.0. The maximum atomic E-state index is 12.0. The van der Waals surface area contributed by atoms with Crippen LogP contribution in [-0.2, 0) is 4.74 Å². The van der Waals surface area contributed by atoms with E-state index in [4.69, 9.17) is 10.5 Å². The highest BCUT2D eigenvalue weighted by atomic mass is 16.5. The Morgan fingerprint density at radius 2 is 1.60 bits per heavy atom. The molecule has 1 aromatic carbocycles. The lowest BCUT2D eigenvalue weighted by Crippen LogP contribution is -2.67. The Labute approximate surface area is 243 Å². The van der Waals surface area contributed by atoms with E-state index in [1.165, 1.54) is 75.2 Å². The van der Waals surface area contributed by atoms with Crippen molar-refractivity contribution in [2.45, 2.75) is 105 Å². The summed E-state index contributed by atoms with van der Waals surface area (Å²) in [7, 11) is 1.45. The first kappa shape index (κ1) is 28.3. The first-order valence-electron chi connectivity index (χ1n) is 16.1. The van der Waals surface area contributed by atoms with E-state index in [2.05, 4.69) is 66.3 Å². The third-order valence-electron chi connectivity index (χ3n) is 14.3. The summed E-state index contributed by atoms with van der Waals surface area (Å²) in [6.45, 7) is 19.8. The topological polar surface area (TPSA) is 52.3 Å². The van der Waals surface area contributed by atoms with E-state index >= 15 is 0 Å². The fourth-order valence-electron chi connectivity index (χ4n) is 12.2. The monoisotopic (exact) mass is 543 g/mol. The summed E-state index contributed by atoms with van der Waals surface area (Å²) in [5, 5.41) is 0. The number of benzene rings is 1. The van der Waals surface area contributed by atoms with Crippen LogP contribution in [0.4, 0.5) is 0 Å². The highest BCUT2D eigenvalue weighted by Crippen LogP contribution is 2.76. The van der Waals surface area contributed by atoms with Gasteiger partial charge in [0.1, 0.15) is 0 Å². The first-order chi connectivity index (χ1) is 18.7. The second-order valence-corrected chi connectivity index (χ2v) is 16.0. The Morgan fingerprint density at radius 1 is 0.900 bits per heavy atom. The van der Waals surface area contributed by atoms with Gasteiger partial charge in [-0.3, -0.25) is 0 Å². The Kier molecular flexibility index (Phi) is 6.40. The van der Waals surface area contributed by atoms with Crippen molar-refractivity contribution in [1.29, 1.82) is 0 Å². The van der Waals surface area contributed by atoms with E-state index in [-0.39, 0.29) is 16.9 Å². The van der Waals surface area contributed by atoms with Gasteiger partial charge in [0.25, 0.3) is 0 Å². The van der Waals surface area contributed by atoms with Gasteiger partial charge in [-0.15, -0.1) is 0 Å². The largest absolute Gasteiger partial charge is 0.465 e. The predicted molar refractivity (Wildman–Crippen MR) is 165 cm³/mol. The molecule has 3 nitrogen and oxygen atoms in total. The van der Waals surface area contributed by atoms with Crippen molar-refractivity contribution >= 4 is 11.5 Å². The number of esters is 1. The highest BCUT2D eigenvalue weighted by Gasteiger charge is 2.70. The zero-order valence-electron chi connectivity index (χ0n) is 26.2. The van der Waals surface area contributed by atoms with Gasteiger partial charge in [0.15, 0.2) is 0 Å². The summed E-state index contributed by atoms with van der Waals surface area (Å²) in [5.74, 6) is 3.03. The maximum Gasteiger partial charge on any atom is 0.337 e. The van der Waals surface area contributed by atoms with Crippen LogP contribution < -0.4 is 5.73 Å². The lowest BCUT2D eigenvalue weighted by atomic mass is 9.33. The fourth-order valence-corrected chi connectivity index (χ4v) is 12.2. The number of hydrogen-bond donors (Lipinski definition) is 1. The first-order valence-corrected chi connectivity index (χ1v) is 16.1. The number of carbonyl (C=O) groups is 1. The third-order valence-corrected chi connectivity index (χ3v) is 14.3. The van der Waals surface area contributed by atoms with Crippen molar-refractivity contribution in [1.82, 2.24) is 0 Å². The van der Waals surface area contributed by atoms with Gasteiger partial charge in [-0.2, -0.15) is 0 Å². The second kappa shape index (κ2) is 9.06. The molecule has 0 unspecified atom stereocenters. The summed E-state index contributed by atoms with van der Waals surface area (Å²) in [4.78, 5) is 12.0. The Morgan fingerprint density at radius 3 is 2.25 bits per heavy atom. The van der Waals surface area contributed by atoms with E-state index in [0.717, 1.165) is 12.3 Å². The van der Waals surface area contributed by atoms with E-state index in [0.29, 0.717) is 45.5 Å². The van der Waals surface area contributed by atoms with Gasteiger partial charge in [-0.1, -0.05) is 65.0 Å². The number of carbonyl (C=O) groups excluding carboxylic acids is 1. The molecule has 0 aliphatic heterocycles. The molecule has 218 valence electrons. The minimum Gasteiger partial charge on any atom is -0.465 e. The van der Waals surface area contributed by atoms with Gasteiger partial charge in [-0.25, -0.2) is 4.79 Å². The average Bonchev–Trinajstić information content (AvgIpc) is 3.26. The number of hydrogen-bond acceptors (Lipinski definition) is 3. The summed E-state index contributed by atoms with van der Waals surface area (Å²) in [6, 6.07) is 8.10. The smallest absolute Gasteiger partial charge is 0.337 e.